The first-order chi connectivity index (χ1) is 17.1. The molecular weight excluding hydrogens is 491 g/mol. The maximum atomic E-state index is 13.8. The first-order valence-electron chi connectivity index (χ1n) is 12.0. The summed E-state index contributed by atoms with van der Waals surface area (Å²) >= 11 is 1.08. The SMILES string of the molecule is C#Cc1nc(C(=O)N(c2cc(OC(C)C)cc(C(F)(F)F)c2)C2CCN(C3CCCCC3)C2=O)cs1. The summed E-state index contributed by atoms with van der Waals surface area (Å²) in [4.78, 5) is 34.3. The number of rotatable bonds is 6. The van der Waals surface area contributed by atoms with Gasteiger partial charge in [-0.2, -0.15) is 13.2 Å². The van der Waals surface area contributed by atoms with Gasteiger partial charge in [-0.15, -0.1) is 17.8 Å². The number of carbonyl (C=O) groups is 2. The first kappa shape index (κ1) is 26.0. The second-order valence-electron chi connectivity index (χ2n) is 9.37. The molecule has 2 aliphatic rings. The van der Waals surface area contributed by atoms with Crippen LogP contribution < -0.4 is 9.64 Å². The molecule has 2 heterocycles. The Kier molecular flexibility index (Phi) is 7.59. The number of nitrogens with zero attached hydrogens (tertiary/aromatic N) is 3. The predicted octanol–water partition coefficient (Wildman–Crippen LogP) is 5.51. The number of thiazole rings is 1. The van der Waals surface area contributed by atoms with E-state index in [4.69, 9.17) is 11.2 Å². The number of benzene rings is 1. The third kappa shape index (κ3) is 5.51. The molecule has 2 fully saturated rings. The minimum absolute atomic E-state index is 0.0133. The van der Waals surface area contributed by atoms with Crippen LogP contribution in [0.25, 0.3) is 0 Å². The molecule has 36 heavy (non-hydrogen) atoms. The van der Waals surface area contributed by atoms with E-state index in [1.54, 1.807) is 18.7 Å². The molecule has 0 bridgehead atoms. The standard InChI is InChI=1S/C26H28F3N3O3S/c1-4-23-30-21(15-36-23)24(33)32(22-10-11-31(25(22)34)18-8-6-5-7-9-18)19-12-17(26(27,28)29)13-20(14-19)35-16(2)3/h1,12-16,18,22H,5-11H2,2-3H3. The Bertz CT molecular complexity index is 1170. The van der Waals surface area contributed by atoms with E-state index >= 15 is 0 Å². The monoisotopic (exact) mass is 519 g/mol. The summed E-state index contributed by atoms with van der Waals surface area (Å²) in [6.07, 6.45) is 5.60. The molecule has 1 aliphatic heterocycles. The fourth-order valence-electron chi connectivity index (χ4n) is 4.91. The Labute approximate surface area is 212 Å². The topological polar surface area (TPSA) is 62.7 Å². The molecule has 0 spiro atoms. The highest BCUT2D eigenvalue weighted by molar-refractivity contribution is 7.10. The Morgan fingerprint density at radius 2 is 1.94 bits per heavy atom. The summed E-state index contributed by atoms with van der Waals surface area (Å²) in [7, 11) is 0. The lowest BCUT2D eigenvalue weighted by molar-refractivity contribution is -0.137. The lowest BCUT2D eigenvalue weighted by Gasteiger charge is -2.33. The number of aromatic nitrogens is 1. The Morgan fingerprint density at radius 1 is 1.22 bits per heavy atom. The van der Waals surface area contributed by atoms with Gasteiger partial charge in [0, 0.05) is 29.7 Å². The van der Waals surface area contributed by atoms with Crippen LogP contribution in [0.4, 0.5) is 18.9 Å². The zero-order valence-electron chi connectivity index (χ0n) is 20.2. The summed E-state index contributed by atoms with van der Waals surface area (Å²) < 4.78 is 47.0. The Balaban J connectivity index is 1.78. The maximum absolute atomic E-state index is 13.8. The van der Waals surface area contributed by atoms with Crippen molar-refractivity contribution in [1.29, 1.82) is 0 Å². The molecule has 1 aliphatic carbocycles. The van der Waals surface area contributed by atoms with Crippen molar-refractivity contribution < 1.29 is 27.5 Å². The van der Waals surface area contributed by atoms with E-state index in [9.17, 15) is 22.8 Å². The van der Waals surface area contributed by atoms with Gasteiger partial charge in [-0.05, 0) is 51.2 Å². The quantitative estimate of drug-likeness (QED) is 0.472. The van der Waals surface area contributed by atoms with E-state index in [2.05, 4.69) is 10.9 Å². The average Bonchev–Trinajstić information content (AvgIpc) is 3.46. The molecule has 2 amide bonds. The van der Waals surface area contributed by atoms with Crippen LogP contribution in [-0.2, 0) is 11.0 Å². The van der Waals surface area contributed by atoms with Gasteiger partial charge in [0.05, 0.1) is 11.7 Å². The molecule has 0 N–H and O–H groups in total. The van der Waals surface area contributed by atoms with E-state index in [1.165, 1.54) is 11.4 Å². The molecule has 1 aromatic carbocycles. The second kappa shape index (κ2) is 10.5. The lowest BCUT2D eigenvalue weighted by Crippen LogP contribution is -2.48. The van der Waals surface area contributed by atoms with Crippen LogP contribution in [0.5, 0.6) is 5.75 Å². The van der Waals surface area contributed by atoms with Crippen LogP contribution in [0.15, 0.2) is 23.6 Å². The Hall–Kier alpha value is -3.06. The number of halogens is 3. The van der Waals surface area contributed by atoms with Crippen molar-refractivity contribution >= 4 is 28.8 Å². The van der Waals surface area contributed by atoms with Gasteiger partial charge in [0.2, 0.25) is 5.91 Å². The van der Waals surface area contributed by atoms with Gasteiger partial charge in [0.1, 0.15) is 17.5 Å². The second-order valence-corrected chi connectivity index (χ2v) is 10.2. The molecule has 1 saturated heterocycles. The van der Waals surface area contributed by atoms with Crippen LogP contribution in [0.3, 0.4) is 0 Å². The van der Waals surface area contributed by atoms with E-state index in [0.717, 1.165) is 60.5 Å². The molecule has 1 atom stereocenters. The van der Waals surface area contributed by atoms with Crippen molar-refractivity contribution in [2.45, 2.75) is 76.7 Å². The number of alkyl halides is 3. The lowest BCUT2D eigenvalue weighted by atomic mass is 9.94. The highest BCUT2D eigenvalue weighted by Gasteiger charge is 2.43. The number of ether oxygens (including phenoxy) is 1. The summed E-state index contributed by atoms with van der Waals surface area (Å²) in [5, 5.41) is 1.73. The minimum atomic E-state index is -4.68. The van der Waals surface area contributed by atoms with Gasteiger partial charge in [0.15, 0.2) is 5.01 Å². The summed E-state index contributed by atoms with van der Waals surface area (Å²) in [5.74, 6) is 1.39. The fourth-order valence-corrected chi connectivity index (χ4v) is 5.50. The predicted molar refractivity (Wildman–Crippen MR) is 131 cm³/mol. The summed E-state index contributed by atoms with van der Waals surface area (Å²) in [6.45, 7) is 3.84. The van der Waals surface area contributed by atoms with Crippen LogP contribution in [0, 0.1) is 12.3 Å². The number of terminal acetylenes is 1. The number of hydrogen-bond acceptors (Lipinski definition) is 5. The molecule has 4 rings (SSSR count). The number of anilines is 1. The van der Waals surface area contributed by atoms with Crippen molar-refractivity contribution in [2.24, 2.45) is 0 Å². The van der Waals surface area contributed by atoms with Crippen LogP contribution in [0.2, 0.25) is 0 Å². The molecule has 192 valence electrons. The van der Waals surface area contributed by atoms with E-state index in [0.29, 0.717) is 13.0 Å². The van der Waals surface area contributed by atoms with Crippen molar-refractivity contribution in [1.82, 2.24) is 9.88 Å². The van der Waals surface area contributed by atoms with Gasteiger partial charge >= 0.3 is 6.18 Å². The number of amides is 2. The van der Waals surface area contributed by atoms with Gasteiger partial charge < -0.3 is 9.64 Å². The minimum Gasteiger partial charge on any atom is -0.491 e. The molecule has 2 aromatic rings. The fraction of sp³-hybridized carbons (Fsp3) is 0.500. The highest BCUT2D eigenvalue weighted by atomic mass is 32.1. The van der Waals surface area contributed by atoms with E-state index in [-0.39, 0.29) is 34.1 Å². The van der Waals surface area contributed by atoms with E-state index in [1.807, 2.05) is 0 Å². The number of carbonyl (C=O) groups excluding carboxylic acids is 2. The number of hydrogen-bond donors (Lipinski definition) is 0. The molecule has 1 unspecified atom stereocenters. The third-order valence-electron chi connectivity index (χ3n) is 6.47. The van der Waals surface area contributed by atoms with E-state index < -0.39 is 29.8 Å². The first-order valence-corrected chi connectivity index (χ1v) is 12.9. The van der Waals surface area contributed by atoms with Crippen LogP contribution in [-0.4, -0.2) is 46.4 Å². The maximum Gasteiger partial charge on any atom is 0.416 e. The van der Waals surface area contributed by atoms with Gasteiger partial charge in [-0.1, -0.05) is 19.3 Å². The highest BCUT2D eigenvalue weighted by Crippen LogP contribution is 2.38. The summed E-state index contributed by atoms with van der Waals surface area (Å²) in [5.41, 5.74) is -1.05. The third-order valence-corrected chi connectivity index (χ3v) is 7.25. The number of likely N-dealkylation sites (tertiary alicyclic amines) is 1. The van der Waals surface area contributed by atoms with Gasteiger partial charge in [-0.25, -0.2) is 4.98 Å². The zero-order chi connectivity index (χ0) is 26.0. The summed E-state index contributed by atoms with van der Waals surface area (Å²) in [6, 6.07) is 2.29. The normalized spacial score (nSPS) is 19.0. The molecule has 1 aromatic heterocycles. The van der Waals surface area contributed by atoms with Gasteiger partial charge in [0.25, 0.3) is 5.91 Å². The van der Waals surface area contributed by atoms with Crippen molar-refractivity contribution in [2.75, 3.05) is 11.4 Å². The molecule has 6 nitrogen and oxygen atoms in total. The average molecular weight is 520 g/mol. The van der Waals surface area contributed by atoms with Crippen molar-refractivity contribution in [3.05, 3.63) is 39.8 Å². The van der Waals surface area contributed by atoms with Crippen LogP contribution in [0.1, 0.15) is 73.4 Å². The Morgan fingerprint density at radius 3 is 2.56 bits per heavy atom. The van der Waals surface area contributed by atoms with Gasteiger partial charge in [-0.3, -0.25) is 14.5 Å². The largest absolute Gasteiger partial charge is 0.491 e. The molecular formula is C26H28F3N3O3S. The molecule has 10 heteroatoms. The zero-order valence-corrected chi connectivity index (χ0v) is 21.0. The molecule has 1 saturated carbocycles. The smallest absolute Gasteiger partial charge is 0.416 e. The molecule has 0 radical (unpaired) electrons. The van der Waals surface area contributed by atoms with Crippen molar-refractivity contribution in [3.63, 3.8) is 0 Å². The van der Waals surface area contributed by atoms with Crippen LogP contribution >= 0.6 is 11.3 Å². The van der Waals surface area contributed by atoms with Crippen molar-refractivity contribution in [3.8, 4) is 18.1 Å².